The molecule has 1 aromatic carbocycles. The molecule has 0 N–H and O–H groups in total. The maximum atomic E-state index is 13.1. The summed E-state index contributed by atoms with van der Waals surface area (Å²) < 4.78 is 5.37. The summed E-state index contributed by atoms with van der Waals surface area (Å²) in [6, 6.07) is 9.67. The van der Waals surface area contributed by atoms with Crippen LogP contribution in [0.3, 0.4) is 0 Å². The molecule has 3 rings (SSSR count). The Hall–Kier alpha value is -2.63. The summed E-state index contributed by atoms with van der Waals surface area (Å²) in [7, 11) is 5.28. The quantitative estimate of drug-likeness (QED) is 0.853. The van der Waals surface area contributed by atoms with Crippen LogP contribution in [0.25, 0.3) is 0 Å². The average molecular weight is 340 g/mol. The molecule has 6 nitrogen and oxygen atoms in total. The first-order chi connectivity index (χ1) is 12.1. The lowest BCUT2D eigenvalue weighted by Gasteiger charge is -2.42. The van der Waals surface area contributed by atoms with Crippen LogP contribution in [0.2, 0.25) is 0 Å². The number of carbonyl (C=O) groups excluding carboxylic acids is 1. The second-order valence-corrected chi connectivity index (χ2v) is 6.55. The highest BCUT2D eigenvalue weighted by atomic mass is 16.5. The van der Waals surface area contributed by atoms with Crippen molar-refractivity contribution in [1.29, 1.82) is 0 Å². The number of hydrogen-bond acceptors (Lipinski definition) is 5. The van der Waals surface area contributed by atoms with E-state index in [1.54, 1.807) is 24.4 Å². The van der Waals surface area contributed by atoms with Gasteiger partial charge in [0.05, 0.1) is 12.5 Å². The fourth-order valence-electron chi connectivity index (χ4n) is 3.52. The van der Waals surface area contributed by atoms with E-state index in [1.165, 1.54) is 0 Å². The number of carbonyl (C=O) groups is 1. The van der Waals surface area contributed by atoms with Crippen LogP contribution in [0, 0.1) is 0 Å². The van der Waals surface area contributed by atoms with Gasteiger partial charge in [0, 0.05) is 39.6 Å². The van der Waals surface area contributed by atoms with E-state index in [0.717, 1.165) is 43.2 Å². The summed E-state index contributed by atoms with van der Waals surface area (Å²) in [6.07, 6.45) is 4.93. The lowest BCUT2D eigenvalue weighted by Crippen LogP contribution is -2.51. The van der Waals surface area contributed by atoms with Gasteiger partial charge in [0.25, 0.3) is 0 Å². The Morgan fingerprint density at radius 2 is 1.84 bits per heavy atom. The third kappa shape index (κ3) is 3.29. The minimum atomic E-state index is -0.538. The number of methoxy groups -OCH3 is 1. The molecule has 6 heteroatoms. The topological polar surface area (TPSA) is 58.6 Å². The molecular weight excluding hydrogens is 316 g/mol. The highest BCUT2D eigenvalue weighted by molar-refractivity contribution is 5.88. The average Bonchev–Trinajstić information content (AvgIpc) is 2.68. The normalized spacial score (nSPS) is 16.4. The van der Waals surface area contributed by atoms with Gasteiger partial charge in [-0.25, -0.2) is 9.97 Å². The molecule has 0 radical (unpaired) electrons. The maximum Gasteiger partial charge on any atom is 0.232 e. The minimum absolute atomic E-state index is 0.134. The van der Waals surface area contributed by atoms with E-state index in [2.05, 4.69) is 14.9 Å². The van der Waals surface area contributed by atoms with Gasteiger partial charge >= 0.3 is 0 Å². The van der Waals surface area contributed by atoms with Crippen LogP contribution >= 0.6 is 0 Å². The predicted octanol–water partition coefficient (Wildman–Crippen LogP) is 2.11. The SMILES string of the molecule is COc1cccc(C2(C(=O)N(C)C)CCN(c3ncccn3)CC2)c1. The van der Waals surface area contributed by atoms with Crippen LogP contribution in [0.15, 0.2) is 42.7 Å². The number of ether oxygens (including phenoxy) is 1. The van der Waals surface area contributed by atoms with Crippen molar-refractivity contribution in [2.45, 2.75) is 18.3 Å². The Morgan fingerprint density at radius 1 is 1.16 bits per heavy atom. The smallest absolute Gasteiger partial charge is 0.232 e. The van der Waals surface area contributed by atoms with Crippen molar-refractivity contribution in [3.63, 3.8) is 0 Å². The molecule has 1 saturated heterocycles. The summed E-state index contributed by atoms with van der Waals surface area (Å²) in [4.78, 5) is 25.6. The number of likely N-dealkylation sites (N-methyl/N-ethyl adjacent to an activating group) is 1. The van der Waals surface area contributed by atoms with E-state index in [4.69, 9.17) is 4.74 Å². The van der Waals surface area contributed by atoms with Gasteiger partial charge in [0.1, 0.15) is 5.75 Å². The van der Waals surface area contributed by atoms with Crippen molar-refractivity contribution >= 4 is 11.9 Å². The number of amides is 1. The minimum Gasteiger partial charge on any atom is -0.497 e. The summed E-state index contributed by atoms with van der Waals surface area (Å²) in [6.45, 7) is 1.47. The molecular formula is C19H24N4O2. The van der Waals surface area contributed by atoms with E-state index in [-0.39, 0.29) is 5.91 Å². The van der Waals surface area contributed by atoms with Gasteiger partial charge in [-0.2, -0.15) is 0 Å². The Morgan fingerprint density at radius 3 is 2.44 bits per heavy atom. The molecule has 132 valence electrons. The third-order valence-corrected chi connectivity index (χ3v) is 4.89. The van der Waals surface area contributed by atoms with E-state index in [9.17, 15) is 4.79 Å². The highest BCUT2D eigenvalue weighted by Gasteiger charge is 2.44. The van der Waals surface area contributed by atoms with Crippen molar-refractivity contribution < 1.29 is 9.53 Å². The summed E-state index contributed by atoms with van der Waals surface area (Å²) in [5.74, 6) is 1.63. The van der Waals surface area contributed by atoms with Gasteiger partial charge in [0.2, 0.25) is 11.9 Å². The number of nitrogens with zero attached hydrogens (tertiary/aromatic N) is 4. The van der Waals surface area contributed by atoms with Crippen LogP contribution in [0.4, 0.5) is 5.95 Å². The standard InChI is InChI=1S/C19H24N4O2/c1-22(2)17(24)19(15-6-4-7-16(14-15)25-3)8-12-23(13-9-19)18-20-10-5-11-21-18/h4-7,10-11,14H,8-9,12-13H2,1-3H3. The van der Waals surface area contributed by atoms with Crippen molar-refractivity contribution in [2.75, 3.05) is 39.2 Å². The van der Waals surface area contributed by atoms with Crippen molar-refractivity contribution in [2.24, 2.45) is 0 Å². The Labute approximate surface area is 148 Å². The molecule has 0 atom stereocenters. The van der Waals surface area contributed by atoms with Crippen LogP contribution in [-0.2, 0) is 10.2 Å². The summed E-state index contributed by atoms with van der Waals surface area (Å²) in [5.41, 5.74) is 0.475. The van der Waals surface area contributed by atoms with Gasteiger partial charge in [-0.1, -0.05) is 12.1 Å². The van der Waals surface area contributed by atoms with Crippen LogP contribution in [0.1, 0.15) is 18.4 Å². The predicted molar refractivity (Wildman–Crippen MR) is 96.8 cm³/mol. The molecule has 2 heterocycles. The lowest BCUT2D eigenvalue weighted by molar-refractivity contribution is -0.135. The second-order valence-electron chi connectivity index (χ2n) is 6.55. The first-order valence-electron chi connectivity index (χ1n) is 8.45. The van der Waals surface area contributed by atoms with Crippen LogP contribution in [0.5, 0.6) is 5.75 Å². The van der Waals surface area contributed by atoms with Gasteiger partial charge in [-0.3, -0.25) is 4.79 Å². The van der Waals surface area contributed by atoms with E-state index in [1.807, 2.05) is 44.4 Å². The number of rotatable bonds is 4. The van der Waals surface area contributed by atoms with Gasteiger partial charge in [-0.05, 0) is 36.6 Å². The first kappa shape index (κ1) is 17.2. The molecule has 25 heavy (non-hydrogen) atoms. The maximum absolute atomic E-state index is 13.1. The molecule has 1 aromatic heterocycles. The zero-order chi connectivity index (χ0) is 17.9. The zero-order valence-electron chi connectivity index (χ0n) is 15.0. The monoisotopic (exact) mass is 340 g/mol. The number of piperidine rings is 1. The Bertz CT molecular complexity index is 725. The highest BCUT2D eigenvalue weighted by Crippen LogP contribution is 2.39. The number of aromatic nitrogens is 2. The van der Waals surface area contributed by atoms with Crippen molar-refractivity contribution in [1.82, 2.24) is 14.9 Å². The van der Waals surface area contributed by atoms with E-state index < -0.39 is 5.41 Å². The Balaban J connectivity index is 1.91. The molecule has 1 aliphatic heterocycles. The fraction of sp³-hybridized carbons (Fsp3) is 0.421. The molecule has 0 spiro atoms. The van der Waals surface area contributed by atoms with Crippen LogP contribution < -0.4 is 9.64 Å². The molecule has 0 saturated carbocycles. The first-order valence-corrected chi connectivity index (χ1v) is 8.45. The van der Waals surface area contributed by atoms with Crippen molar-refractivity contribution in [3.05, 3.63) is 48.3 Å². The summed E-state index contributed by atoms with van der Waals surface area (Å²) >= 11 is 0. The lowest BCUT2D eigenvalue weighted by atomic mass is 9.71. The second kappa shape index (κ2) is 7.09. The Kier molecular flexibility index (Phi) is 4.88. The summed E-state index contributed by atoms with van der Waals surface area (Å²) in [5, 5.41) is 0. The number of anilines is 1. The molecule has 1 fully saturated rings. The molecule has 1 aliphatic rings. The molecule has 2 aromatic rings. The molecule has 0 unspecified atom stereocenters. The van der Waals surface area contributed by atoms with Crippen molar-refractivity contribution in [3.8, 4) is 5.75 Å². The van der Waals surface area contributed by atoms with Gasteiger partial charge in [0.15, 0.2) is 0 Å². The third-order valence-electron chi connectivity index (χ3n) is 4.89. The number of benzene rings is 1. The van der Waals surface area contributed by atoms with E-state index >= 15 is 0 Å². The van der Waals surface area contributed by atoms with Crippen LogP contribution in [-0.4, -0.2) is 55.1 Å². The van der Waals surface area contributed by atoms with E-state index in [0.29, 0.717) is 0 Å². The van der Waals surface area contributed by atoms with Gasteiger partial charge in [-0.15, -0.1) is 0 Å². The largest absolute Gasteiger partial charge is 0.497 e. The molecule has 0 bridgehead atoms. The number of hydrogen-bond donors (Lipinski definition) is 0. The van der Waals surface area contributed by atoms with Gasteiger partial charge < -0.3 is 14.5 Å². The molecule has 1 amide bonds. The fourth-order valence-corrected chi connectivity index (χ4v) is 3.52. The zero-order valence-corrected chi connectivity index (χ0v) is 15.0. The molecule has 0 aliphatic carbocycles.